The van der Waals surface area contributed by atoms with Crippen molar-refractivity contribution >= 4 is 5.91 Å². The van der Waals surface area contributed by atoms with Gasteiger partial charge >= 0.3 is 0 Å². The van der Waals surface area contributed by atoms with E-state index in [1.54, 1.807) is 6.07 Å². The molecule has 0 spiro atoms. The van der Waals surface area contributed by atoms with Crippen LogP contribution in [0.1, 0.15) is 45.1 Å². The summed E-state index contributed by atoms with van der Waals surface area (Å²) in [5, 5.41) is 0. The quantitative estimate of drug-likeness (QED) is 0.709. The Balaban J connectivity index is 1.79. The molecule has 1 heterocycles. The summed E-state index contributed by atoms with van der Waals surface area (Å²) in [4.78, 5) is 16.7. The van der Waals surface area contributed by atoms with Gasteiger partial charge in [0.25, 0.3) is 0 Å². The number of hydrogen-bond acceptors (Lipinski definition) is 2. The van der Waals surface area contributed by atoms with Crippen molar-refractivity contribution in [2.75, 3.05) is 32.7 Å². The Labute approximate surface area is 150 Å². The smallest absolute Gasteiger partial charge is 0.223 e. The molecular weight excluding hydrogens is 322 g/mol. The lowest BCUT2D eigenvalue weighted by Gasteiger charge is -2.33. The number of halogens is 2. The monoisotopic (exact) mass is 352 g/mol. The van der Waals surface area contributed by atoms with Gasteiger partial charge in [-0.05, 0) is 62.4 Å². The number of nitrogens with zero attached hydrogens (tertiary/aromatic N) is 2. The van der Waals surface area contributed by atoms with Gasteiger partial charge in [0, 0.05) is 26.1 Å². The largest absolute Gasteiger partial charge is 0.342 e. The summed E-state index contributed by atoms with van der Waals surface area (Å²) in [5.41, 5.74) is 0.823. The Kier molecular flexibility index (Phi) is 7.82. The summed E-state index contributed by atoms with van der Waals surface area (Å²) >= 11 is 0. The molecule has 0 N–H and O–H groups in total. The van der Waals surface area contributed by atoms with Crippen molar-refractivity contribution in [2.24, 2.45) is 5.92 Å². The molecule has 5 heteroatoms. The molecule has 3 nitrogen and oxygen atoms in total. The van der Waals surface area contributed by atoms with Crippen LogP contribution < -0.4 is 0 Å². The average Bonchev–Trinajstić information content (AvgIpc) is 2.63. The third-order valence-corrected chi connectivity index (χ3v) is 5.23. The molecule has 25 heavy (non-hydrogen) atoms. The molecule has 0 aliphatic carbocycles. The van der Waals surface area contributed by atoms with Crippen LogP contribution in [0, 0.1) is 17.6 Å². The lowest BCUT2D eigenvalue weighted by atomic mass is 9.91. The van der Waals surface area contributed by atoms with E-state index in [0.717, 1.165) is 64.0 Å². The molecule has 1 aromatic rings. The zero-order valence-electron chi connectivity index (χ0n) is 15.4. The van der Waals surface area contributed by atoms with Gasteiger partial charge in [-0.1, -0.05) is 19.9 Å². The fourth-order valence-corrected chi connectivity index (χ4v) is 3.54. The number of benzene rings is 1. The molecule has 2 rings (SSSR count). The predicted octanol–water partition coefficient (Wildman–Crippen LogP) is 3.87. The summed E-state index contributed by atoms with van der Waals surface area (Å²) in [6.07, 6.45) is 4.34. The number of likely N-dealkylation sites (tertiary alicyclic amines) is 1. The van der Waals surface area contributed by atoms with Gasteiger partial charge in [0.1, 0.15) is 0 Å². The van der Waals surface area contributed by atoms with E-state index < -0.39 is 11.6 Å². The Morgan fingerprint density at radius 1 is 1.24 bits per heavy atom. The van der Waals surface area contributed by atoms with Crippen molar-refractivity contribution in [1.82, 2.24) is 9.80 Å². The predicted molar refractivity (Wildman–Crippen MR) is 96.4 cm³/mol. The second kappa shape index (κ2) is 9.85. The zero-order valence-corrected chi connectivity index (χ0v) is 15.4. The minimum atomic E-state index is -0.800. The highest BCUT2D eigenvalue weighted by atomic mass is 19.2. The molecule has 0 bridgehead atoms. The average molecular weight is 352 g/mol. The van der Waals surface area contributed by atoms with Crippen molar-refractivity contribution < 1.29 is 13.6 Å². The molecule has 1 aliphatic rings. The van der Waals surface area contributed by atoms with Gasteiger partial charge in [-0.3, -0.25) is 4.79 Å². The molecule has 1 fully saturated rings. The molecule has 1 atom stereocenters. The molecule has 1 saturated heterocycles. The zero-order chi connectivity index (χ0) is 18.2. The fourth-order valence-electron chi connectivity index (χ4n) is 3.54. The number of aryl methyl sites for hydroxylation is 1. The van der Waals surface area contributed by atoms with E-state index in [1.165, 1.54) is 12.1 Å². The highest BCUT2D eigenvalue weighted by Crippen LogP contribution is 2.22. The number of rotatable bonds is 8. The minimum absolute atomic E-state index is 0.240. The van der Waals surface area contributed by atoms with E-state index in [-0.39, 0.29) is 5.91 Å². The number of carbonyl (C=O) groups excluding carboxylic acids is 1. The van der Waals surface area contributed by atoms with Crippen LogP contribution in [-0.4, -0.2) is 48.4 Å². The van der Waals surface area contributed by atoms with Crippen LogP contribution in [0.25, 0.3) is 0 Å². The van der Waals surface area contributed by atoms with E-state index in [4.69, 9.17) is 0 Å². The van der Waals surface area contributed by atoms with Crippen LogP contribution in [0.4, 0.5) is 8.78 Å². The van der Waals surface area contributed by atoms with E-state index in [0.29, 0.717) is 12.3 Å². The second-order valence-corrected chi connectivity index (χ2v) is 6.91. The Bertz CT molecular complexity index is 561. The first-order chi connectivity index (χ1) is 12.0. The molecule has 1 amide bonds. The first-order valence-electron chi connectivity index (χ1n) is 9.47. The highest BCUT2D eigenvalue weighted by Gasteiger charge is 2.23. The Morgan fingerprint density at radius 2 is 2.00 bits per heavy atom. The lowest BCUT2D eigenvalue weighted by Crippen LogP contribution is -2.41. The van der Waals surface area contributed by atoms with E-state index in [9.17, 15) is 13.6 Å². The van der Waals surface area contributed by atoms with E-state index in [2.05, 4.69) is 18.7 Å². The van der Waals surface area contributed by atoms with Gasteiger partial charge in [0.2, 0.25) is 5.91 Å². The van der Waals surface area contributed by atoms with Gasteiger partial charge in [-0.25, -0.2) is 8.78 Å². The topological polar surface area (TPSA) is 23.6 Å². The van der Waals surface area contributed by atoms with Gasteiger partial charge in [0.15, 0.2) is 11.6 Å². The van der Waals surface area contributed by atoms with Gasteiger partial charge in [-0.2, -0.15) is 0 Å². The van der Waals surface area contributed by atoms with E-state index >= 15 is 0 Å². The second-order valence-electron chi connectivity index (χ2n) is 6.91. The Morgan fingerprint density at radius 3 is 2.68 bits per heavy atom. The van der Waals surface area contributed by atoms with Gasteiger partial charge in [0.05, 0.1) is 0 Å². The third kappa shape index (κ3) is 6.07. The number of carbonyl (C=O) groups is 1. The van der Waals surface area contributed by atoms with Crippen LogP contribution in [-0.2, 0) is 11.2 Å². The number of amides is 1. The van der Waals surface area contributed by atoms with Crippen molar-refractivity contribution in [3.05, 3.63) is 35.4 Å². The molecular formula is C20H30F2N2O. The summed E-state index contributed by atoms with van der Waals surface area (Å²) < 4.78 is 26.3. The third-order valence-electron chi connectivity index (χ3n) is 5.23. The van der Waals surface area contributed by atoms with Gasteiger partial charge in [-0.15, -0.1) is 0 Å². The number of piperidine rings is 1. The van der Waals surface area contributed by atoms with Crippen LogP contribution in [0.15, 0.2) is 18.2 Å². The normalized spacial score (nSPS) is 18.0. The first-order valence-corrected chi connectivity index (χ1v) is 9.47. The Hall–Kier alpha value is -1.49. The van der Waals surface area contributed by atoms with Crippen LogP contribution in [0.5, 0.6) is 0 Å². The van der Waals surface area contributed by atoms with Crippen molar-refractivity contribution in [3.8, 4) is 0 Å². The van der Waals surface area contributed by atoms with E-state index in [1.807, 2.05) is 4.90 Å². The maximum absolute atomic E-state index is 13.3. The summed E-state index contributed by atoms with van der Waals surface area (Å²) in [7, 11) is 0. The molecule has 1 aliphatic heterocycles. The van der Waals surface area contributed by atoms with Crippen molar-refractivity contribution in [1.29, 1.82) is 0 Å². The molecule has 140 valence electrons. The first kappa shape index (κ1) is 19.8. The maximum atomic E-state index is 13.3. The minimum Gasteiger partial charge on any atom is -0.342 e. The standard InChI is InChI=1S/C20H30F2N2O/c1-3-23(4-2)13-11-20(25)24-12-5-6-17(15-24)8-7-16-9-10-18(21)19(22)14-16/h9-10,14,17H,3-8,11-13,15H2,1-2H3/t17-/m1/s1. The molecule has 0 unspecified atom stereocenters. The summed E-state index contributed by atoms with van der Waals surface area (Å²) in [6.45, 7) is 8.63. The molecule has 0 saturated carbocycles. The lowest BCUT2D eigenvalue weighted by molar-refractivity contribution is -0.133. The summed E-state index contributed by atoms with van der Waals surface area (Å²) in [5.74, 6) is -0.899. The fraction of sp³-hybridized carbons (Fsp3) is 0.650. The van der Waals surface area contributed by atoms with Gasteiger partial charge < -0.3 is 9.80 Å². The number of hydrogen-bond donors (Lipinski definition) is 0. The van der Waals surface area contributed by atoms with Crippen molar-refractivity contribution in [2.45, 2.75) is 46.0 Å². The molecule has 0 radical (unpaired) electrons. The maximum Gasteiger partial charge on any atom is 0.223 e. The molecule has 1 aromatic carbocycles. The van der Waals surface area contributed by atoms with Crippen LogP contribution in [0.2, 0.25) is 0 Å². The van der Waals surface area contributed by atoms with Crippen LogP contribution >= 0.6 is 0 Å². The van der Waals surface area contributed by atoms with Crippen molar-refractivity contribution in [3.63, 3.8) is 0 Å². The highest BCUT2D eigenvalue weighted by molar-refractivity contribution is 5.76. The van der Waals surface area contributed by atoms with Crippen LogP contribution in [0.3, 0.4) is 0 Å². The molecule has 0 aromatic heterocycles. The summed E-state index contributed by atoms with van der Waals surface area (Å²) in [6, 6.07) is 4.12. The SMILES string of the molecule is CCN(CC)CCC(=O)N1CCC[C@H](CCc2ccc(F)c(F)c2)C1.